The Morgan fingerprint density at radius 3 is 2.56 bits per heavy atom. The normalized spacial score (nSPS) is 11.6. The summed E-state index contributed by atoms with van der Waals surface area (Å²) in [6.45, 7) is 2.15. The van der Waals surface area contributed by atoms with Crippen LogP contribution in [0.15, 0.2) is 29.2 Å². The summed E-state index contributed by atoms with van der Waals surface area (Å²) in [6, 6.07) is 9.40. The summed E-state index contributed by atoms with van der Waals surface area (Å²) in [4.78, 5) is 0.394. The number of unbranched alkanes of at least 4 members (excludes halogenated alkanes) is 4. The molecule has 0 aromatic heterocycles. The van der Waals surface area contributed by atoms with Gasteiger partial charge in [0.15, 0.2) is 9.84 Å². The minimum absolute atomic E-state index is 0.258. The van der Waals surface area contributed by atoms with Crippen LogP contribution in [0.5, 0.6) is 0 Å². The molecule has 0 saturated heterocycles. The fraction of sp³-hybridized carbons (Fsp3) is 0.538. The molecule has 0 fully saturated rings. The van der Waals surface area contributed by atoms with E-state index in [1.54, 1.807) is 24.3 Å². The molecule has 1 rings (SSSR count). The first-order chi connectivity index (χ1) is 7.67. The van der Waals surface area contributed by atoms with Gasteiger partial charge < -0.3 is 0 Å². The van der Waals surface area contributed by atoms with Gasteiger partial charge in [0.25, 0.3) is 0 Å². The Hall–Kier alpha value is -0.830. The van der Waals surface area contributed by atoms with Crippen LogP contribution in [0.3, 0.4) is 0 Å². The Bertz CT molecular complexity index is 382. The second kappa shape index (κ2) is 6.69. The number of hydrogen-bond donors (Lipinski definition) is 0. The maximum atomic E-state index is 11.8. The van der Waals surface area contributed by atoms with Crippen molar-refractivity contribution in [1.29, 1.82) is 0 Å². The van der Waals surface area contributed by atoms with Crippen LogP contribution in [0.4, 0.5) is 0 Å². The van der Waals surface area contributed by atoms with E-state index in [0.29, 0.717) is 4.90 Å². The molecule has 0 amide bonds. The molecule has 0 unspecified atom stereocenters. The van der Waals surface area contributed by atoms with E-state index >= 15 is 0 Å². The van der Waals surface area contributed by atoms with Crippen molar-refractivity contribution in [3.8, 4) is 0 Å². The Labute approximate surface area is 98.6 Å². The Balaban J connectivity index is 2.41. The summed E-state index contributed by atoms with van der Waals surface area (Å²) >= 11 is 0. The topological polar surface area (TPSA) is 34.1 Å². The molecular formula is C13H19O2S. The van der Waals surface area contributed by atoms with Crippen molar-refractivity contribution in [3.63, 3.8) is 0 Å². The first kappa shape index (κ1) is 13.2. The molecule has 3 heteroatoms. The lowest BCUT2D eigenvalue weighted by Crippen LogP contribution is -2.06. The summed E-state index contributed by atoms with van der Waals surface area (Å²) in [6.07, 6.45) is 5.27. The predicted octanol–water partition coefficient (Wildman–Crippen LogP) is 3.23. The van der Waals surface area contributed by atoms with Gasteiger partial charge in [-0.15, -0.1) is 0 Å². The van der Waals surface area contributed by atoms with Crippen molar-refractivity contribution in [2.24, 2.45) is 0 Å². The average Bonchev–Trinajstić information content (AvgIpc) is 2.30. The Kier molecular flexibility index (Phi) is 5.53. The van der Waals surface area contributed by atoms with Gasteiger partial charge in [-0.1, -0.05) is 44.7 Å². The van der Waals surface area contributed by atoms with Gasteiger partial charge in [0.1, 0.15) is 0 Å². The molecule has 0 aliphatic heterocycles. The lowest BCUT2D eigenvalue weighted by atomic mass is 10.2. The van der Waals surface area contributed by atoms with Crippen LogP contribution in [0.25, 0.3) is 0 Å². The monoisotopic (exact) mass is 239 g/mol. The van der Waals surface area contributed by atoms with Gasteiger partial charge in [0.05, 0.1) is 10.6 Å². The smallest absolute Gasteiger partial charge is 0.178 e. The quantitative estimate of drug-likeness (QED) is 0.685. The van der Waals surface area contributed by atoms with E-state index in [4.69, 9.17) is 0 Å². The number of hydrogen-bond acceptors (Lipinski definition) is 2. The molecule has 0 aliphatic carbocycles. The standard InChI is InChI=1S/C13H19O2S/c1-2-3-4-5-9-12-16(14,15)13-10-7-6-8-11-13/h6-7,10-11H,2-5,9,12H2,1H3. The van der Waals surface area contributed by atoms with Crippen molar-refractivity contribution in [1.82, 2.24) is 0 Å². The van der Waals surface area contributed by atoms with Gasteiger partial charge in [-0.2, -0.15) is 0 Å². The molecule has 0 aliphatic rings. The van der Waals surface area contributed by atoms with E-state index in [9.17, 15) is 8.42 Å². The highest BCUT2D eigenvalue weighted by Crippen LogP contribution is 2.12. The van der Waals surface area contributed by atoms with E-state index < -0.39 is 9.84 Å². The molecule has 0 atom stereocenters. The van der Waals surface area contributed by atoms with Crippen molar-refractivity contribution in [2.45, 2.75) is 43.9 Å². The summed E-state index contributed by atoms with van der Waals surface area (Å²) in [5.41, 5.74) is 0. The molecule has 0 saturated carbocycles. The van der Waals surface area contributed by atoms with Crippen LogP contribution in [0.2, 0.25) is 0 Å². The molecular weight excluding hydrogens is 220 g/mol. The van der Waals surface area contributed by atoms with Crippen molar-refractivity contribution >= 4 is 9.84 Å². The second-order valence-corrected chi connectivity index (χ2v) is 6.08. The van der Waals surface area contributed by atoms with Crippen LogP contribution < -0.4 is 0 Å². The SMILES string of the molecule is CCCCCCCS(=O)(=O)c1c[c]ccc1. The van der Waals surface area contributed by atoms with Gasteiger partial charge in [-0.05, 0) is 24.6 Å². The van der Waals surface area contributed by atoms with Gasteiger partial charge in [0.2, 0.25) is 0 Å². The van der Waals surface area contributed by atoms with E-state index in [1.807, 2.05) is 0 Å². The van der Waals surface area contributed by atoms with Crippen LogP contribution in [0, 0.1) is 6.07 Å². The number of benzene rings is 1. The van der Waals surface area contributed by atoms with Crippen LogP contribution in [-0.4, -0.2) is 14.2 Å². The molecule has 16 heavy (non-hydrogen) atoms. The molecule has 89 valence electrons. The zero-order chi connectivity index (χ0) is 11.9. The number of sulfone groups is 1. The van der Waals surface area contributed by atoms with Gasteiger partial charge >= 0.3 is 0 Å². The lowest BCUT2D eigenvalue weighted by molar-refractivity contribution is 0.587. The van der Waals surface area contributed by atoms with E-state index in [-0.39, 0.29) is 5.75 Å². The van der Waals surface area contributed by atoms with Crippen LogP contribution >= 0.6 is 0 Å². The summed E-state index contributed by atoms with van der Waals surface area (Å²) in [5.74, 6) is 0.258. The highest BCUT2D eigenvalue weighted by molar-refractivity contribution is 7.91. The summed E-state index contributed by atoms with van der Waals surface area (Å²) in [7, 11) is -3.08. The summed E-state index contributed by atoms with van der Waals surface area (Å²) in [5, 5.41) is 0. The molecule has 0 N–H and O–H groups in total. The third kappa shape index (κ3) is 4.35. The first-order valence-corrected chi connectivity index (χ1v) is 7.51. The average molecular weight is 239 g/mol. The molecule has 0 spiro atoms. The first-order valence-electron chi connectivity index (χ1n) is 5.85. The van der Waals surface area contributed by atoms with Crippen LogP contribution in [0.1, 0.15) is 39.0 Å². The highest BCUT2D eigenvalue weighted by Gasteiger charge is 2.12. The molecule has 1 aromatic rings. The van der Waals surface area contributed by atoms with Crippen molar-refractivity contribution in [3.05, 3.63) is 30.3 Å². The predicted molar refractivity (Wildman–Crippen MR) is 66.1 cm³/mol. The molecule has 1 radical (unpaired) electrons. The van der Waals surface area contributed by atoms with Gasteiger partial charge in [0, 0.05) is 0 Å². The molecule has 0 bridgehead atoms. The largest absolute Gasteiger partial charge is 0.224 e. The third-order valence-electron chi connectivity index (χ3n) is 2.55. The fourth-order valence-electron chi connectivity index (χ4n) is 1.58. The maximum absolute atomic E-state index is 11.8. The zero-order valence-corrected chi connectivity index (χ0v) is 10.6. The molecule has 2 nitrogen and oxygen atoms in total. The summed E-state index contributed by atoms with van der Waals surface area (Å²) < 4.78 is 23.7. The molecule has 1 aromatic carbocycles. The Morgan fingerprint density at radius 1 is 1.19 bits per heavy atom. The maximum Gasteiger partial charge on any atom is 0.178 e. The van der Waals surface area contributed by atoms with E-state index in [0.717, 1.165) is 19.3 Å². The Morgan fingerprint density at radius 2 is 1.94 bits per heavy atom. The zero-order valence-electron chi connectivity index (χ0n) is 9.78. The van der Waals surface area contributed by atoms with Crippen molar-refractivity contribution < 1.29 is 8.42 Å². The fourth-order valence-corrected chi connectivity index (χ4v) is 2.94. The third-order valence-corrected chi connectivity index (χ3v) is 4.35. The van der Waals surface area contributed by atoms with Crippen LogP contribution in [-0.2, 0) is 9.84 Å². The second-order valence-electron chi connectivity index (χ2n) is 3.97. The van der Waals surface area contributed by atoms with Gasteiger partial charge in [-0.3, -0.25) is 0 Å². The minimum atomic E-state index is -3.08. The van der Waals surface area contributed by atoms with Crippen molar-refractivity contribution in [2.75, 3.05) is 5.75 Å². The van der Waals surface area contributed by atoms with E-state index in [2.05, 4.69) is 13.0 Å². The lowest BCUT2D eigenvalue weighted by Gasteiger charge is -2.03. The van der Waals surface area contributed by atoms with E-state index in [1.165, 1.54) is 12.8 Å². The highest BCUT2D eigenvalue weighted by atomic mass is 32.2. The van der Waals surface area contributed by atoms with Gasteiger partial charge in [-0.25, -0.2) is 8.42 Å². The molecule has 0 heterocycles. The minimum Gasteiger partial charge on any atom is -0.224 e. The number of rotatable bonds is 7.